The molecule has 0 amide bonds. The Hall–Kier alpha value is -0.570. The van der Waals surface area contributed by atoms with E-state index in [1.165, 1.54) is 70.6 Å². The van der Waals surface area contributed by atoms with E-state index in [0.717, 1.165) is 38.4 Å². The maximum Gasteiger partial charge on any atom is 0.186 e. The molecule has 1 fully saturated rings. The van der Waals surface area contributed by atoms with Crippen molar-refractivity contribution in [2.24, 2.45) is 0 Å². The summed E-state index contributed by atoms with van der Waals surface area (Å²) in [5.74, 6) is 0. The van der Waals surface area contributed by atoms with Crippen LogP contribution < -0.4 is 0 Å². The number of aliphatic hydroxyl groups is 4. The largest absolute Gasteiger partial charge is 0.394 e. The van der Waals surface area contributed by atoms with E-state index in [4.69, 9.17) is 14.6 Å². The molecular formula is C24H46O7. The Kier molecular flexibility index (Phi) is 17.4. The Morgan fingerprint density at radius 1 is 0.645 bits per heavy atom. The number of rotatable bonds is 20. The summed E-state index contributed by atoms with van der Waals surface area (Å²) in [6.45, 7) is -0.0198. The van der Waals surface area contributed by atoms with Gasteiger partial charge in [-0.1, -0.05) is 83.5 Å². The number of unbranched alkanes of at least 4 members (excludes halogenated alkanes) is 15. The average molecular weight is 447 g/mol. The second kappa shape index (κ2) is 18.9. The van der Waals surface area contributed by atoms with Crippen LogP contribution in [-0.4, -0.2) is 70.6 Å². The first-order chi connectivity index (χ1) is 15.1. The fraction of sp³-hybridized carbons (Fsp3) is 0.958. The van der Waals surface area contributed by atoms with Gasteiger partial charge < -0.3 is 34.7 Å². The molecule has 1 rings (SSSR count). The molecule has 1 aliphatic rings. The Bertz CT molecular complexity index is 419. The molecule has 4 N–H and O–H groups in total. The van der Waals surface area contributed by atoms with E-state index in [2.05, 4.69) is 0 Å². The maximum absolute atomic E-state index is 10.2. The van der Waals surface area contributed by atoms with Crippen LogP contribution in [0.4, 0.5) is 0 Å². The van der Waals surface area contributed by atoms with Gasteiger partial charge in [-0.3, -0.25) is 0 Å². The van der Waals surface area contributed by atoms with Crippen LogP contribution in [0.1, 0.15) is 103 Å². The van der Waals surface area contributed by atoms with Gasteiger partial charge in [-0.15, -0.1) is 0 Å². The molecule has 0 bridgehead atoms. The van der Waals surface area contributed by atoms with Gasteiger partial charge in [-0.25, -0.2) is 0 Å². The highest BCUT2D eigenvalue weighted by Gasteiger charge is 2.43. The summed E-state index contributed by atoms with van der Waals surface area (Å²) in [6.07, 6.45) is 14.1. The van der Waals surface area contributed by atoms with Crippen molar-refractivity contribution < 1.29 is 34.7 Å². The average Bonchev–Trinajstić information content (AvgIpc) is 2.78. The van der Waals surface area contributed by atoms with Crippen molar-refractivity contribution in [3.8, 4) is 0 Å². The van der Waals surface area contributed by atoms with Gasteiger partial charge in [0.25, 0.3) is 0 Å². The summed E-state index contributed by atoms with van der Waals surface area (Å²) in [4.78, 5) is 10.2. The van der Waals surface area contributed by atoms with Crippen molar-refractivity contribution in [1.29, 1.82) is 0 Å². The Balaban J connectivity index is 1.84. The molecule has 0 aromatic carbocycles. The Morgan fingerprint density at radius 3 is 1.55 bits per heavy atom. The number of carbonyl (C=O) groups excluding carboxylic acids is 1. The van der Waals surface area contributed by atoms with Crippen molar-refractivity contribution in [2.45, 2.75) is 133 Å². The van der Waals surface area contributed by atoms with Gasteiger partial charge in [-0.2, -0.15) is 0 Å². The predicted octanol–water partition coefficient (Wildman–Crippen LogP) is 3.24. The summed E-state index contributed by atoms with van der Waals surface area (Å²) in [5.41, 5.74) is 0. The third kappa shape index (κ3) is 12.9. The molecular weight excluding hydrogens is 400 g/mol. The van der Waals surface area contributed by atoms with E-state index in [1.54, 1.807) is 0 Å². The quantitative estimate of drug-likeness (QED) is 0.168. The highest BCUT2D eigenvalue weighted by atomic mass is 16.7. The summed E-state index contributed by atoms with van der Waals surface area (Å²) in [6, 6.07) is 0. The lowest BCUT2D eigenvalue weighted by molar-refractivity contribution is -0.301. The first-order valence-electron chi connectivity index (χ1n) is 12.5. The zero-order chi connectivity index (χ0) is 22.7. The van der Waals surface area contributed by atoms with Gasteiger partial charge >= 0.3 is 0 Å². The molecule has 1 unspecified atom stereocenters. The first-order valence-corrected chi connectivity index (χ1v) is 12.5. The second-order valence-corrected chi connectivity index (χ2v) is 8.83. The minimum absolute atomic E-state index is 0.416. The normalized spacial score (nSPS) is 26.3. The van der Waals surface area contributed by atoms with Gasteiger partial charge in [-0.05, 0) is 12.8 Å². The summed E-state index contributed by atoms with van der Waals surface area (Å²) >= 11 is 0. The first kappa shape index (κ1) is 28.5. The van der Waals surface area contributed by atoms with Crippen LogP contribution in [0.5, 0.6) is 0 Å². The lowest BCUT2D eigenvalue weighted by atomic mass is 9.99. The number of ether oxygens (including phenoxy) is 2. The lowest BCUT2D eigenvalue weighted by Crippen LogP contribution is -2.59. The second-order valence-electron chi connectivity index (χ2n) is 8.83. The molecule has 7 nitrogen and oxygen atoms in total. The number of hydrogen-bond donors (Lipinski definition) is 4. The van der Waals surface area contributed by atoms with Gasteiger partial charge in [0, 0.05) is 13.0 Å². The van der Waals surface area contributed by atoms with Crippen LogP contribution >= 0.6 is 0 Å². The Morgan fingerprint density at radius 2 is 1.10 bits per heavy atom. The van der Waals surface area contributed by atoms with Gasteiger partial charge in [0.05, 0.1) is 6.61 Å². The number of hydrogen-bond acceptors (Lipinski definition) is 7. The van der Waals surface area contributed by atoms with Gasteiger partial charge in [0.1, 0.15) is 30.7 Å². The summed E-state index contributed by atoms with van der Waals surface area (Å²) in [5, 5.41) is 38.6. The molecule has 0 aromatic rings. The van der Waals surface area contributed by atoms with Crippen molar-refractivity contribution in [3.63, 3.8) is 0 Å². The number of aldehydes is 1. The van der Waals surface area contributed by atoms with Crippen molar-refractivity contribution in [3.05, 3.63) is 0 Å². The SMILES string of the molecule is O=CCCCCCCCCCCCCCCCCCOC1O[C@H](CO)[C@@H](O)[C@H](O)[C@H]1O. The predicted molar refractivity (Wildman–Crippen MR) is 120 cm³/mol. The molecule has 1 saturated heterocycles. The van der Waals surface area contributed by atoms with Crippen LogP contribution in [0.15, 0.2) is 0 Å². The zero-order valence-electron chi connectivity index (χ0n) is 19.2. The van der Waals surface area contributed by atoms with Crippen molar-refractivity contribution >= 4 is 6.29 Å². The number of carbonyl (C=O) groups is 1. The highest BCUT2D eigenvalue weighted by Crippen LogP contribution is 2.22. The van der Waals surface area contributed by atoms with Crippen LogP contribution in [0.3, 0.4) is 0 Å². The van der Waals surface area contributed by atoms with Crippen molar-refractivity contribution in [1.82, 2.24) is 0 Å². The van der Waals surface area contributed by atoms with Gasteiger partial charge in [0.15, 0.2) is 6.29 Å². The van der Waals surface area contributed by atoms with E-state index < -0.39 is 37.3 Å². The molecule has 184 valence electrons. The molecule has 0 radical (unpaired) electrons. The standard InChI is InChI=1S/C24H46O7/c25-17-15-13-11-9-7-5-3-1-2-4-6-8-10-12-14-16-18-30-24-23(29)22(28)21(27)20(19-26)31-24/h17,20-24,26-29H,1-16,18-19H2/t20-,21-,22+,23-,24?/m1/s1. The fourth-order valence-corrected chi connectivity index (χ4v) is 4.03. The van der Waals surface area contributed by atoms with Crippen molar-refractivity contribution in [2.75, 3.05) is 13.2 Å². The monoisotopic (exact) mass is 446 g/mol. The van der Waals surface area contributed by atoms with Gasteiger partial charge in [0.2, 0.25) is 0 Å². The molecule has 31 heavy (non-hydrogen) atoms. The molecule has 0 saturated carbocycles. The third-order valence-corrected chi connectivity index (χ3v) is 6.10. The lowest BCUT2D eigenvalue weighted by Gasteiger charge is -2.39. The fourth-order valence-electron chi connectivity index (χ4n) is 4.03. The molecule has 1 aliphatic heterocycles. The maximum atomic E-state index is 10.2. The van der Waals surface area contributed by atoms with Crippen LogP contribution in [0, 0.1) is 0 Å². The Labute approximate surface area is 188 Å². The smallest absolute Gasteiger partial charge is 0.186 e. The van der Waals surface area contributed by atoms with E-state index >= 15 is 0 Å². The van der Waals surface area contributed by atoms with E-state index in [0.29, 0.717) is 6.61 Å². The molecule has 0 spiro atoms. The highest BCUT2D eigenvalue weighted by molar-refractivity contribution is 5.48. The minimum Gasteiger partial charge on any atom is -0.394 e. The van der Waals surface area contributed by atoms with E-state index in [1.807, 2.05) is 0 Å². The van der Waals surface area contributed by atoms with E-state index in [9.17, 15) is 20.1 Å². The molecule has 0 aliphatic carbocycles. The summed E-state index contributed by atoms with van der Waals surface area (Å²) in [7, 11) is 0. The third-order valence-electron chi connectivity index (χ3n) is 6.10. The topological polar surface area (TPSA) is 116 Å². The molecule has 5 atom stereocenters. The van der Waals surface area contributed by atoms with E-state index in [-0.39, 0.29) is 0 Å². The van der Waals surface area contributed by atoms with Crippen LogP contribution in [0.2, 0.25) is 0 Å². The van der Waals surface area contributed by atoms with Crippen LogP contribution in [-0.2, 0) is 14.3 Å². The molecule has 1 heterocycles. The molecule has 0 aromatic heterocycles. The summed E-state index contributed by atoms with van der Waals surface area (Å²) < 4.78 is 10.8. The van der Waals surface area contributed by atoms with Crippen LogP contribution in [0.25, 0.3) is 0 Å². The minimum atomic E-state index is -1.38. The zero-order valence-corrected chi connectivity index (χ0v) is 19.2. The molecule has 7 heteroatoms. The number of aliphatic hydroxyl groups excluding tert-OH is 4.